The highest BCUT2D eigenvalue weighted by atomic mass is 16.1. The summed E-state index contributed by atoms with van der Waals surface area (Å²) in [6, 6.07) is 8.24. The van der Waals surface area contributed by atoms with Gasteiger partial charge in [0.25, 0.3) is 0 Å². The van der Waals surface area contributed by atoms with E-state index in [0.29, 0.717) is 12.3 Å². The van der Waals surface area contributed by atoms with Crippen LogP contribution < -0.4 is 0 Å². The molecule has 0 N–H and O–H groups in total. The molecule has 1 unspecified atom stereocenters. The lowest BCUT2D eigenvalue weighted by Gasteiger charge is -2.08. The lowest BCUT2D eigenvalue weighted by molar-refractivity contribution is -0.108. The number of hydrogen-bond donors (Lipinski definition) is 0. The first-order valence-electron chi connectivity index (χ1n) is 5.08. The molecular weight excluding hydrogens is 186 g/mol. The second kappa shape index (κ2) is 4.22. The van der Waals surface area contributed by atoms with Crippen molar-refractivity contribution in [2.45, 2.75) is 19.3 Å². The average Bonchev–Trinajstić information content (AvgIpc) is 2.29. The van der Waals surface area contributed by atoms with Crippen molar-refractivity contribution in [2.75, 3.05) is 0 Å². The summed E-state index contributed by atoms with van der Waals surface area (Å²) in [5.41, 5.74) is 1.21. The molecule has 0 amide bonds. The quantitative estimate of drug-likeness (QED) is 0.711. The van der Waals surface area contributed by atoms with Gasteiger partial charge in [0.2, 0.25) is 0 Å². The predicted molar refractivity (Wildman–Crippen MR) is 60.8 cm³/mol. The Hall–Kier alpha value is -1.70. The SMILES string of the molecule is CC(CC=O)c1ccc2cnccc2c1. The Kier molecular flexibility index (Phi) is 2.77. The molecule has 76 valence electrons. The van der Waals surface area contributed by atoms with Gasteiger partial charge in [-0.15, -0.1) is 0 Å². The van der Waals surface area contributed by atoms with Crippen LogP contribution in [-0.2, 0) is 4.79 Å². The fourth-order valence-corrected chi connectivity index (χ4v) is 1.69. The Balaban J connectivity index is 2.42. The molecule has 15 heavy (non-hydrogen) atoms. The summed E-state index contributed by atoms with van der Waals surface area (Å²) >= 11 is 0. The van der Waals surface area contributed by atoms with Gasteiger partial charge in [0.1, 0.15) is 6.29 Å². The molecule has 0 bridgehead atoms. The Bertz CT molecular complexity index is 479. The Morgan fingerprint density at radius 3 is 3.00 bits per heavy atom. The van der Waals surface area contributed by atoms with Crippen LogP contribution in [0.25, 0.3) is 10.8 Å². The zero-order valence-electron chi connectivity index (χ0n) is 8.68. The highest BCUT2D eigenvalue weighted by molar-refractivity contribution is 5.82. The lowest BCUT2D eigenvalue weighted by atomic mass is 9.96. The van der Waals surface area contributed by atoms with Gasteiger partial charge in [-0.1, -0.05) is 25.1 Å². The van der Waals surface area contributed by atoms with E-state index >= 15 is 0 Å². The van der Waals surface area contributed by atoms with E-state index in [1.54, 1.807) is 6.20 Å². The van der Waals surface area contributed by atoms with Gasteiger partial charge in [0.15, 0.2) is 0 Å². The lowest BCUT2D eigenvalue weighted by Crippen LogP contribution is -1.93. The monoisotopic (exact) mass is 199 g/mol. The smallest absolute Gasteiger partial charge is 0.120 e. The van der Waals surface area contributed by atoms with Gasteiger partial charge in [-0.2, -0.15) is 0 Å². The Morgan fingerprint density at radius 2 is 2.20 bits per heavy atom. The maximum Gasteiger partial charge on any atom is 0.120 e. The zero-order chi connectivity index (χ0) is 10.7. The number of carbonyl (C=O) groups excluding carboxylic acids is 1. The number of nitrogens with zero attached hydrogens (tertiary/aromatic N) is 1. The molecule has 0 radical (unpaired) electrons. The summed E-state index contributed by atoms with van der Waals surface area (Å²) in [5, 5.41) is 2.32. The van der Waals surface area contributed by atoms with Gasteiger partial charge in [-0.05, 0) is 22.9 Å². The summed E-state index contributed by atoms with van der Waals surface area (Å²) in [7, 11) is 0. The van der Waals surface area contributed by atoms with Crippen molar-refractivity contribution in [3.05, 3.63) is 42.2 Å². The van der Waals surface area contributed by atoms with Gasteiger partial charge in [0.05, 0.1) is 0 Å². The molecule has 2 aromatic rings. The molecular formula is C13H13NO. The van der Waals surface area contributed by atoms with Crippen LogP contribution in [0.3, 0.4) is 0 Å². The molecule has 1 aromatic heterocycles. The van der Waals surface area contributed by atoms with Gasteiger partial charge >= 0.3 is 0 Å². The van der Waals surface area contributed by atoms with E-state index in [0.717, 1.165) is 11.7 Å². The van der Waals surface area contributed by atoms with Crippen LogP contribution in [-0.4, -0.2) is 11.3 Å². The molecule has 1 aromatic carbocycles. The number of pyridine rings is 1. The standard InChI is InChI=1S/C13H13NO/c1-10(5-7-15)11-2-3-13-9-14-6-4-12(13)8-11/h2-4,6-10H,5H2,1H3. The van der Waals surface area contributed by atoms with Gasteiger partial charge in [-0.25, -0.2) is 0 Å². The first-order valence-corrected chi connectivity index (χ1v) is 5.08. The number of fused-ring (bicyclic) bond motifs is 1. The van der Waals surface area contributed by atoms with Crippen molar-refractivity contribution in [3.8, 4) is 0 Å². The number of aromatic nitrogens is 1. The van der Waals surface area contributed by atoms with Crippen molar-refractivity contribution in [3.63, 3.8) is 0 Å². The minimum Gasteiger partial charge on any atom is -0.303 e. The van der Waals surface area contributed by atoms with Crippen LogP contribution in [0, 0.1) is 0 Å². The summed E-state index contributed by atoms with van der Waals surface area (Å²) in [6.45, 7) is 2.07. The molecule has 1 atom stereocenters. The van der Waals surface area contributed by atoms with Gasteiger partial charge < -0.3 is 4.79 Å². The van der Waals surface area contributed by atoms with Gasteiger partial charge in [-0.3, -0.25) is 4.98 Å². The first-order chi connectivity index (χ1) is 7.31. The maximum atomic E-state index is 10.4. The fourth-order valence-electron chi connectivity index (χ4n) is 1.69. The largest absolute Gasteiger partial charge is 0.303 e. The van der Waals surface area contributed by atoms with E-state index in [9.17, 15) is 4.79 Å². The van der Waals surface area contributed by atoms with Crippen molar-refractivity contribution in [2.24, 2.45) is 0 Å². The molecule has 0 saturated carbocycles. The topological polar surface area (TPSA) is 30.0 Å². The molecule has 0 spiro atoms. The molecule has 0 saturated heterocycles. The fraction of sp³-hybridized carbons (Fsp3) is 0.231. The number of rotatable bonds is 3. The Morgan fingerprint density at radius 1 is 1.33 bits per heavy atom. The second-order valence-corrected chi connectivity index (χ2v) is 3.79. The van der Waals surface area contributed by atoms with E-state index in [4.69, 9.17) is 0 Å². The number of aldehydes is 1. The van der Waals surface area contributed by atoms with E-state index < -0.39 is 0 Å². The van der Waals surface area contributed by atoms with Crippen molar-refractivity contribution in [1.82, 2.24) is 4.98 Å². The number of carbonyl (C=O) groups is 1. The van der Waals surface area contributed by atoms with Crippen LogP contribution in [0.1, 0.15) is 24.8 Å². The van der Waals surface area contributed by atoms with Crippen LogP contribution in [0.4, 0.5) is 0 Å². The minimum atomic E-state index is 0.292. The second-order valence-electron chi connectivity index (χ2n) is 3.79. The van der Waals surface area contributed by atoms with E-state index in [-0.39, 0.29) is 0 Å². The summed E-state index contributed by atoms with van der Waals surface area (Å²) in [4.78, 5) is 14.5. The maximum absolute atomic E-state index is 10.4. The van der Waals surface area contributed by atoms with Crippen molar-refractivity contribution < 1.29 is 4.79 Å². The average molecular weight is 199 g/mol. The van der Waals surface area contributed by atoms with Crippen molar-refractivity contribution >= 4 is 17.1 Å². The van der Waals surface area contributed by atoms with E-state index in [2.05, 4.69) is 30.1 Å². The van der Waals surface area contributed by atoms with Crippen LogP contribution >= 0.6 is 0 Å². The third-order valence-electron chi connectivity index (χ3n) is 2.68. The highest BCUT2D eigenvalue weighted by Crippen LogP contribution is 2.22. The third-order valence-corrected chi connectivity index (χ3v) is 2.68. The summed E-state index contributed by atoms with van der Waals surface area (Å²) in [6.07, 6.45) is 5.19. The molecule has 0 fully saturated rings. The molecule has 1 heterocycles. The first kappa shape index (κ1) is 9.84. The molecule has 0 aliphatic rings. The van der Waals surface area contributed by atoms with Crippen LogP contribution in [0.5, 0.6) is 0 Å². The third kappa shape index (κ3) is 2.04. The summed E-state index contributed by atoms with van der Waals surface area (Å²) < 4.78 is 0. The summed E-state index contributed by atoms with van der Waals surface area (Å²) in [5.74, 6) is 0.292. The van der Waals surface area contributed by atoms with Crippen LogP contribution in [0.15, 0.2) is 36.7 Å². The van der Waals surface area contributed by atoms with Crippen molar-refractivity contribution in [1.29, 1.82) is 0 Å². The number of hydrogen-bond acceptors (Lipinski definition) is 2. The van der Waals surface area contributed by atoms with Crippen LogP contribution in [0.2, 0.25) is 0 Å². The minimum absolute atomic E-state index is 0.292. The van der Waals surface area contributed by atoms with E-state index in [1.165, 1.54) is 10.9 Å². The zero-order valence-corrected chi connectivity index (χ0v) is 8.68. The molecule has 0 aliphatic heterocycles. The molecule has 2 rings (SSSR count). The van der Waals surface area contributed by atoms with Gasteiger partial charge in [0, 0.05) is 24.2 Å². The normalized spacial score (nSPS) is 12.6. The highest BCUT2D eigenvalue weighted by Gasteiger charge is 2.05. The Labute approximate surface area is 89.0 Å². The predicted octanol–water partition coefficient (Wildman–Crippen LogP) is 2.93. The van der Waals surface area contributed by atoms with E-state index in [1.807, 2.05) is 12.3 Å². The molecule has 0 aliphatic carbocycles. The number of benzene rings is 1. The molecule has 2 nitrogen and oxygen atoms in total. The molecule has 2 heteroatoms.